The second kappa shape index (κ2) is 32.9. The molecular weight excluding hydrogens is 1510 g/mol. The van der Waals surface area contributed by atoms with Gasteiger partial charge < -0.3 is 0 Å². The van der Waals surface area contributed by atoms with Crippen LogP contribution in [0.4, 0.5) is 0 Å². The van der Waals surface area contributed by atoms with E-state index in [1.807, 2.05) is 0 Å². The highest BCUT2D eigenvalue weighted by atomic mass is 14.5. The first-order valence-electron chi connectivity index (χ1n) is 44.9. The second-order valence-corrected chi connectivity index (χ2v) is 36.7. The summed E-state index contributed by atoms with van der Waals surface area (Å²) >= 11 is 0. The molecule has 612 valence electrons. The van der Waals surface area contributed by atoms with Crippen molar-refractivity contribution in [1.29, 1.82) is 0 Å². The minimum Gasteiger partial charge on any atom is -0.0622 e. The zero-order chi connectivity index (χ0) is 86.7. The highest BCUT2D eigenvalue weighted by molar-refractivity contribution is 5.91. The van der Waals surface area contributed by atoms with Gasteiger partial charge in [-0.1, -0.05) is 495 Å². The Morgan fingerprint density at radius 3 is 0.833 bits per heavy atom. The first kappa shape index (κ1) is 81.6. The van der Waals surface area contributed by atoms with Crippen LogP contribution in [-0.4, -0.2) is 0 Å². The van der Waals surface area contributed by atoms with E-state index in [2.05, 4.69) is 520 Å². The lowest BCUT2D eigenvalue weighted by molar-refractivity contribution is 0.655. The predicted octanol–water partition coefficient (Wildman–Crippen LogP) is 32.0. The summed E-state index contributed by atoms with van der Waals surface area (Å²) in [6, 6.07) is 159. The molecule has 0 radical (unpaired) electrons. The molecule has 6 aliphatic rings. The Morgan fingerprint density at radius 2 is 0.381 bits per heavy atom. The molecule has 0 aromatic heterocycles. The lowest BCUT2D eigenvalue weighted by atomic mass is 9.67. The van der Waals surface area contributed by atoms with Crippen LogP contribution in [0.1, 0.15) is 175 Å². The summed E-state index contributed by atoms with van der Waals surface area (Å²) in [6.07, 6.45) is 0. The van der Waals surface area contributed by atoms with Crippen molar-refractivity contribution in [1.82, 2.24) is 0 Å². The Morgan fingerprint density at radius 1 is 0.143 bits per heavy atom. The van der Waals surface area contributed by atoms with Gasteiger partial charge in [0.1, 0.15) is 0 Å². The average Bonchev–Trinajstić information content (AvgIpc) is 1.54. The van der Waals surface area contributed by atoms with Gasteiger partial charge in [-0.15, -0.1) is 0 Å². The van der Waals surface area contributed by atoms with Crippen LogP contribution in [0.3, 0.4) is 0 Å². The lowest BCUT2D eigenvalue weighted by Crippen LogP contribution is -2.28. The van der Waals surface area contributed by atoms with E-state index in [4.69, 9.17) is 0 Å². The van der Waals surface area contributed by atoms with E-state index in [0.717, 1.165) is 0 Å². The van der Waals surface area contributed by atoms with Crippen molar-refractivity contribution >= 4 is 0 Å². The van der Waals surface area contributed by atoms with Gasteiger partial charge in [-0.05, 0) is 225 Å². The van der Waals surface area contributed by atoms with E-state index in [1.54, 1.807) is 0 Å². The second-order valence-electron chi connectivity index (χ2n) is 36.7. The van der Waals surface area contributed by atoms with E-state index < -0.39 is 0 Å². The molecule has 0 bridgehead atoms. The fourth-order valence-corrected chi connectivity index (χ4v) is 22.7. The Kier molecular flexibility index (Phi) is 21.3. The molecule has 24 rings (SSSR count). The Bertz CT molecular complexity index is 6870. The number of hydrogen-bond acceptors (Lipinski definition) is 0. The minimum atomic E-state index is -0.263. The van der Waals surface area contributed by atoms with Crippen LogP contribution >= 0.6 is 0 Å². The highest BCUT2D eigenvalue weighted by Gasteiger charge is 2.50. The monoisotopic (exact) mass is 1620 g/mol. The summed E-state index contributed by atoms with van der Waals surface area (Å²) in [5.74, 6) is 0. The molecular formula is C126H108. The molecule has 0 spiro atoms. The maximum atomic E-state index is 2.37. The summed E-state index contributed by atoms with van der Waals surface area (Å²) in [7, 11) is 0. The highest BCUT2D eigenvalue weighted by Crippen LogP contribution is 2.61. The maximum Gasteiger partial charge on any atom is 0.0713 e. The van der Waals surface area contributed by atoms with Gasteiger partial charge in [0.05, 0.1) is 16.2 Å². The Balaban J connectivity index is 0.000000100. The average molecular weight is 1620 g/mol. The normalized spacial score (nSPS) is 14.6. The molecule has 0 N–H and O–H groups in total. The third-order valence-corrected chi connectivity index (χ3v) is 28.3. The summed E-state index contributed by atoms with van der Waals surface area (Å²) in [5, 5.41) is 0. The first-order chi connectivity index (χ1) is 61.3. The molecule has 6 aliphatic carbocycles. The summed E-state index contributed by atoms with van der Waals surface area (Å²) in [5.41, 5.74) is 49.4. The van der Waals surface area contributed by atoms with Gasteiger partial charge in [0.25, 0.3) is 0 Å². The number of fused-ring (bicyclic) bond motifs is 18. The van der Waals surface area contributed by atoms with Gasteiger partial charge in [0.2, 0.25) is 0 Å². The molecule has 18 aromatic carbocycles. The van der Waals surface area contributed by atoms with Crippen LogP contribution in [0, 0.1) is 41.5 Å². The summed E-state index contributed by atoms with van der Waals surface area (Å²) in [6.45, 7) is 27.1. The fraction of sp³-hybridized carbons (Fsp3) is 0.143. The van der Waals surface area contributed by atoms with E-state index in [9.17, 15) is 0 Å². The molecule has 0 atom stereocenters. The molecule has 0 aliphatic heterocycles. The van der Waals surface area contributed by atoms with Crippen molar-refractivity contribution in [2.24, 2.45) is 0 Å². The van der Waals surface area contributed by atoms with Crippen molar-refractivity contribution in [3.63, 3.8) is 0 Å². The van der Waals surface area contributed by atoms with Crippen LogP contribution in [0.2, 0.25) is 0 Å². The quantitative estimate of drug-likeness (QED) is 0.156. The van der Waals surface area contributed by atoms with E-state index in [-0.39, 0.29) is 32.5 Å². The van der Waals surface area contributed by atoms with Crippen LogP contribution in [0.25, 0.3) is 66.8 Å². The smallest absolute Gasteiger partial charge is 0.0622 e. The number of rotatable bonds is 6. The molecule has 126 heavy (non-hydrogen) atoms. The van der Waals surface area contributed by atoms with Crippen molar-refractivity contribution in [3.05, 3.63) is 570 Å². The van der Waals surface area contributed by atoms with Crippen molar-refractivity contribution in [2.75, 3.05) is 0 Å². The molecule has 0 nitrogen and oxygen atoms in total. The third-order valence-electron chi connectivity index (χ3n) is 28.3. The van der Waals surface area contributed by atoms with Gasteiger partial charge in [-0.25, -0.2) is 0 Å². The molecule has 0 saturated heterocycles. The molecule has 0 heteroatoms. The van der Waals surface area contributed by atoms with Gasteiger partial charge in [0, 0.05) is 16.2 Å². The standard InChI is InChI=1S/3C26H20.3C16H16/c1-19-11-10-18-24-25(19)22-16-8-9-17-23(22)26(24,20-12-4-2-5-13-20)21-14-6-3-7-15-21;1-19-16-17-25-23(18-19)22-14-8-9-15-24(22)26(25,20-10-4-2-5-11-20)21-12-6-3-7-13-21;1-19-16-17-23-22-14-8-9-15-24(22)26(25(23)18-19,20-10-4-2-5-11-20)21-12-6-3-7-13-21;1-11-7-6-9-13-12-8-4-5-10-14(12)16(2,3)15(11)13;1-11-7-6-10-14-15(11)12-8-4-5-9-13(12)16(14,2)3;1-11-8-9-15-13(10-11)12-6-4-5-7-14(12)16(15,2)3/h3*2-18H,1H3;3*4-10H,1-3H3. The molecule has 0 saturated carbocycles. The van der Waals surface area contributed by atoms with Gasteiger partial charge in [0.15, 0.2) is 0 Å². The topological polar surface area (TPSA) is 0 Å². The number of aryl methyl sites for hydroxylation is 6. The fourth-order valence-electron chi connectivity index (χ4n) is 22.7. The lowest BCUT2D eigenvalue weighted by Gasteiger charge is -2.34. The van der Waals surface area contributed by atoms with E-state index >= 15 is 0 Å². The third kappa shape index (κ3) is 13.3. The molecule has 0 fully saturated rings. The van der Waals surface area contributed by atoms with E-state index in [0.29, 0.717) is 0 Å². The van der Waals surface area contributed by atoms with Crippen LogP contribution < -0.4 is 0 Å². The zero-order valence-corrected chi connectivity index (χ0v) is 74.6. The largest absolute Gasteiger partial charge is 0.0713 e. The van der Waals surface area contributed by atoms with E-state index in [1.165, 1.54) is 200 Å². The van der Waals surface area contributed by atoms with Gasteiger partial charge >= 0.3 is 0 Å². The van der Waals surface area contributed by atoms with Crippen LogP contribution in [0.15, 0.2) is 437 Å². The van der Waals surface area contributed by atoms with Crippen LogP contribution in [0.5, 0.6) is 0 Å². The Labute approximate surface area is 747 Å². The summed E-state index contributed by atoms with van der Waals surface area (Å²) in [4.78, 5) is 0. The predicted molar refractivity (Wildman–Crippen MR) is 532 cm³/mol. The van der Waals surface area contributed by atoms with Gasteiger partial charge in [-0.2, -0.15) is 0 Å². The van der Waals surface area contributed by atoms with Crippen LogP contribution in [-0.2, 0) is 32.5 Å². The number of benzene rings is 18. The zero-order valence-electron chi connectivity index (χ0n) is 74.6. The first-order valence-corrected chi connectivity index (χ1v) is 44.9. The van der Waals surface area contributed by atoms with Crippen molar-refractivity contribution < 1.29 is 0 Å². The molecule has 0 amide bonds. The SMILES string of the molecule is Cc1ccc2c(c1)-c1ccccc1C2(C)C.Cc1ccc2c(c1)-c1ccccc1C2(c1ccccc1)c1ccccc1.Cc1ccc2c(c1)C(c1ccccc1)(c1ccccc1)c1ccccc1-2.Cc1cccc2c1-c1ccccc1C2(C)C.Cc1cccc2c1-c1ccccc1C2(c1ccccc1)c1ccccc1.Cc1cccc2c1C(C)(C)c1ccccc1-2. The summed E-state index contributed by atoms with van der Waals surface area (Å²) < 4.78 is 0. The molecule has 0 heterocycles. The molecule has 18 aromatic rings. The van der Waals surface area contributed by atoms with Gasteiger partial charge in [-0.3, -0.25) is 0 Å². The minimum absolute atomic E-state index is 0.150. The Hall–Kier alpha value is -14.0. The maximum absolute atomic E-state index is 2.37. The molecule has 0 unspecified atom stereocenters. The number of hydrogen-bond donors (Lipinski definition) is 0. The van der Waals surface area contributed by atoms with Crippen molar-refractivity contribution in [2.45, 2.75) is 116 Å². The van der Waals surface area contributed by atoms with Crippen molar-refractivity contribution in [3.8, 4) is 66.8 Å².